The number of carbonyl (C=O) groups is 4. The van der Waals surface area contributed by atoms with Gasteiger partial charge in [-0.25, -0.2) is 9.59 Å². The molecule has 29 heavy (non-hydrogen) atoms. The predicted molar refractivity (Wildman–Crippen MR) is 105 cm³/mol. The topological polar surface area (TPSA) is 114 Å². The van der Waals surface area contributed by atoms with Gasteiger partial charge < -0.3 is 14.3 Å². The summed E-state index contributed by atoms with van der Waals surface area (Å²) in [6.07, 6.45) is 1.37. The van der Waals surface area contributed by atoms with Gasteiger partial charge >= 0.3 is 11.9 Å². The van der Waals surface area contributed by atoms with E-state index in [1.807, 2.05) is 0 Å². The molecule has 2 aromatic rings. The lowest BCUT2D eigenvalue weighted by molar-refractivity contribution is -0.148. The number of nitrogens with zero attached hydrogens (tertiary/aromatic N) is 1. The summed E-state index contributed by atoms with van der Waals surface area (Å²) in [5.41, 5.74) is 0.416. The molecule has 1 atom stereocenters. The second kappa shape index (κ2) is 8.14. The molecule has 2 heterocycles. The van der Waals surface area contributed by atoms with Gasteiger partial charge in [-0.1, -0.05) is 11.6 Å². The van der Waals surface area contributed by atoms with E-state index in [2.05, 4.69) is 4.74 Å². The Hall–Kier alpha value is -3.04. The number of hydrogen-bond donors (Lipinski definition) is 1. The fourth-order valence-electron chi connectivity index (χ4n) is 2.64. The third-order valence-corrected chi connectivity index (χ3v) is 5.35. The zero-order chi connectivity index (χ0) is 21.3. The highest BCUT2D eigenvalue weighted by molar-refractivity contribution is 8.18. The third kappa shape index (κ3) is 4.06. The van der Waals surface area contributed by atoms with Crippen molar-refractivity contribution in [2.45, 2.75) is 13.0 Å². The Bertz CT molecular complexity index is 1060. The van der Waals surface area contributed by atoms with Gasteiger partial charge in [0.1, 0.15) is 17.6 Å². The maximum atomic E-state index is 12.5. The van der Waals surface area contributed by atoms with E-state index in [9.17, 15) is 19.2 Å². The number of methoxy groups -OCH3 is 1. The molecule has 0 spiro atoms. The maximum absolute atomic E-state index is 12.5. The number of esters is 1. The quantitative estimate of drug-likeness (QED) is 0.555. The van der Waals surface area contributed by atoms with Gasteiger partial charge in [0.15, 0.2) is 0 Å². The molecule has 0 unspecified atom stereocenters. The number of halogens is 1. The first-order valence-electron chi connectivity index (χ1n) is 8.21. The van der Waals surface area contributed by atoms with Crippen molar-refractivity contribution in [2.24, 2.45) is 0 Å². The molecule has 2 amide bonds. The number of amides is 2. The number of benzene rings is 1. The molecule has 1 aromatic heterocycles. The van der Waals surface area contributed by atoms with Crippen molar-refractivity contribution in [3.63, 3.8) is 0 Å². The number of hydrogen-bond acceptors (Lipinski definition) is 7. The fourth-order valence-corrected chi connectivity index (χ4v) is 3.74. The van der Waals surface area contributed by atoms with E-state index in [1.54, 1.807) is 12.1 Å². The van der Waals surface area contributed by atoms with Crippen LogP contribution in [-0.4, -0.2) is 46.2 Å². The van der Waals surface area contributed by atoms with E-state index in [0.29, 0.717) is 28.1 Å². The van der Waals surface area contributed by atoms with Gasteiger partial charge in [0.2, 0.25) is 0 Å². The number of thioether (sulfide) groups is 1. The van der Waals surface area contributed by atoms with Crippen LogP contribution in [0.1, 0.15) is 23.0 Å². The van der Waals surface area contributed by atoms with E-state index in [4.69, 9.17) is 21.1 Å². The zero-order valence-corrected chi connectivity index (χ0v) is 16.7. The average molecular weight is 436 g/mol. The van der Waals surface area contributed by atoms with Gasteiger partial charge in [-0.2, -0.15) is 0 Å². The Labute approximate surface area is 174 Å². The highest BCUT2D eigenvalue weighted by atomic mass is 35.5. The summed E-state index contributed by atoms with van der Waals surface area (Å²) in [7, 11) is 1.17. The van der Waals surface area contributed by atoms with Crippen LogP contribution in [0.5, 0.6) is 0 Å². The van der Waals surface area contributed by atoms with E-state index >= 15 is 0 Å². The molecule has 8 nitrogen and oxygen atoms in total. The summed E-state index contributed by atoms with van der Waals surface area (Å²) < 4.78 is 10.2. The lowest BCUT2D eigenvalue weighted by Crippen LogP contribution is -2.42. The summed E-state index contributed by atoms with van der Waals surface area (Å²) in [5.74, 6) is -1.90. The van der Waals surface area contributed by atoms with Crippen molar-refractivity contribution in [3.8, 4) is 11.3 Å². The molecule has 0 radical (unpaired) electrons. The first kappa shape index (κ1) is 20.7. The Balaban J connectivity index is 1.89. The predicted octanol–water partition coefficient (Wildman–Crippen LogP) is 3.90. The van der Waals surface area contributed by atoms with Gasteiger partial charge in [0, 0.05) is 11.6 Å². The van der Waals surface area contributed by atoms with E-state index in [1.165, 1.54) is 38.3 Å². The molecule has 1 aliphatic heterocycles. The van der Waals surface area contributed by atoms with Gasteiger partial charge in [-0.3, -0.25) is 14.5 Å². The minimum atomic E-state index is -1.11. The number of carboxylic acid groups (broad SMARTS) is 1. The van der Waals surface area contributed by atoms with Crippen LogP contribution in [0.15, 0.2) is 39.7 Å². The fraction of sp³-hybridized carbons (Fsp3) is 0.158. The molecular formula is C19H14ClNO7S. The SMILES string of the molecule is COC(=O)[C@@H](C)N1C(=O)S/C(=C\c2ccc(-c3cc(C(=O)O)ccc3Cl)o2)C1=O. The van der Waals surface area contributed by atoms with E-state index in [-0.39, 0.29) is 16.2 Å². The molecule has 0 saturated carbocycles. The number of aromatic carboxylic acids is 1. The molecule has 150 valence electrons. The van der Waals surface area contributed by atoms with Crippen molar-refractivity contribution in [1.29, 1.82) is 0 Å². The Morgan fingerprint density at radius 3 is 2.66 bits per heavy atom. The minimum Gasteiger partial charge on any atom is -0.478 e. The molecular weight excluding hydrogens is 422 g/mol. The van der Waals surface area contributed by atoms with Crippen molar-refractivity contribution < 1.29 is 33.4 Å². The van der Waals surface area contributed by atoms with Crippen molar-refractivity contribution in [3.05, 3.63) is 51.6 Å². The van der Waals surface area contributed by atoms with Crippen LogP contribution in [0.4, 0.5) is 4.79 Å². The largest absolute Gasteiger partial charge is 0.478 e. The number of ether oxygens (including phenoxy) is 1. The van der Waals surface area contributed by atoms with Crippen LogP contribution < -0.4 is 0 Å². The summed E-state index contributed by atoms with van der Waals surface area (Å²) in [6, 6.07) is 6.26. The van der Waals surface area contributed by atoms with Gasteiger partial charge in [0.25, 0.3) is 11.1 Å². The van der Waals surface area contributed by atoms with Crippen LogP contribution >= 0.6 is 23.4 Å². The number of furan rings is 1. The lowest BCUT2D eigenvalue weighted by Gasteiger charge is -2.18. The van der Waals surface area contributed by atoms with Crippen LogP contribution in [-0.2, 0) is 14.3 Å². The average Bonchev–Trinajstić information content (AvgIpc) is 3.25. The number of carbonyl (C=O) groups excluding carboxylic acids is 3. The summed E-state index contributed by atoms with van der Waals surface area (Å²) in [6.45, 7) is 1.40. The Morgan fingerprint density at radius 2 is 2.00 bits per heavy atom. The number of rotatable bonds is 5. The molecule has 10 heteroatoms. The van der Waals surface area contributed by atoms with Gasteiger partial charge in [0.05, 0.1) is 22.6 Å². The van der Waals surface area contributed by atoms with Crippen LogP contribution in [0, 0.1) is 0 Å². The van der Waals surface area contributed by atoms with E-state index in [0.717, 1.165) is 4.90 Å². The molecule has 1 aromatic carbocycles. The van der Waals surface area contributed by atoms with Crippen molar-refractivity contribution in [2.75, 3.05) is 7.11 Å². The first-order valence-corrected chi connectivity index (χ1v) is 9.40. The summed E-state index contributed by atoms with van der Waals surface area (Å²) in [4.78, 5) is 48.4. The standard InChI is InChI=1S/C19H14ClNO7S/c1-9(18(25)27-2)21-16(22)15(29-19(21)26)8-11-4-6-14(28-11)12-7-10(17(23)24)3-5-13(12)20/h3-9H,1-2H3,(H,23,24)/b15-8-/t9-/m1/s1. The number of carboxylic acids is 1. The lowest BCUT2D eigenvalue weighted by atomic mass is 10.1. The molecule has 0 aliphatic carbocycles. The smallest absolute Gasteiger partial charge is 0.335 e. The Morgan fingerprint density at radius 1 is 1.28 bits per heavy atom. The third-order valence-electron chi connectivity index (χ3n) is 4.13. The van der Waals surface area contributed by atoms with Crippen LogP contribution in [0.2, 0.25) is 5.02 Å². The van der Waals surface area contributed by atoms with Crippen molar-refractivity contribution >= 4 is 52.5 Å². The minimum absolute atomic E-state index is 0.0419. The molecule has 1 aliphatic rings. The molecule has 1 fully saturated rings. The summed E-state index contributed by atoms with van der Waals surface area (Å²) >= 11 is 6.81. The Kier molecular flexibility index (Phi) is 5.81. The van der Waals surface area contributed by atoms with Crippen LogP contribution in [0.25, 0.3) is 17.4 Å². The molecule has 1 N–H and O–H groups in total. The van der Waals surface area contributed by atoms with Crippen molar-refractivity contribution in [1.82, 2.24) is 4.90 Å². The second-order valence-electron chi connectivity index (χ2n) is 5.95. The first-order chi connectivity index (χ1) is 13.7. The van der Waals surface area contributed by atoms with Gasteiger partial charge in [-0.15, -0.1) is 0 Å². The van der Waals surface area contributed by atoms with Gasteiger partial charge in [-0.05, 0) is 49.0 Å². The molecule has 1 saturated heterocycles. The normalized spacial score (nSPS) is 16.4. The second-order valence-corrected chi connectivity index (χ2v) is 7.35. The summed E-state index contributed by atoms with van der Waals surface area (Å²) in [5, 5.41) is 8.83. The number of imide groups is 1. The van der Waals surface area contributed by atoms with Crippen LogP contribution in [0.3, 0.4) is 0 Å². The maximum Gasteiger partial charge on any atom is 0.335 e. The van der Waals surface area contributed by atoms with E-state index < -0.39 is 29.1 Å². The molecule has 3 rings (SSSR count). The molecule has 0 bridgehead atoms. The zero-order valence-electron chi connectivity index (χ0n) is 15.2. The highest BCUT2D eigenvalue weighted by Gasteiger charge is 2.41. The monoisotopic (exact) mass is 435 g/mol. The highest BCUT2D eigenvalue weighted by Crippen LogP contribution is 2.35.